The molecule has 0 saturated heterocycles. The number of aryl methyl sites for hydroxylation is 2. The van der Waals surface area contributed by atoms with Crippen molar-refractivity contribution in [2.45, 2.75) is 30.3 Å². The quantitative estimate of drug-likeness (QED) is 0.387. The molecule has 3 aromatic carbocycles. The number of hydrogen-bond acceptors (Lipinski definition) is 4. The van der Waals surface area contributed by atoms with Crippen molar-refractivity contribution in [3.8, 4) is 0 Å². The van der Waals surface area contributed by atoms with E-state index in [2.05, 4.69) is 0 Å². The van der Waals surface area contributed by atoms with Gasteiger partial charge in [0.2, 0.25) is 10.0 Å². The monoisotopic (exact) mass is 474 g/mol. The number of benzene rings is 3. The zero-order chi connectivity index (χ0) is 24.0. The van der Waals surface area contributed by atoms with E-state index in [0.29, 0.717) is 0 Å². The van der Waals surface area contributed by atoms with Crippen molar-refractivity contribution in [3.05, 3.63) is 101 Å². The summed E-state index contributed by atoms with van der Waals surface area (Å²) < 4.78 is 36.8. The minimum absolute atomic E-state index is 0.0696. The molecule has 0 saturated carbocycles. The average Bonchev–Trinajstić information content (AvgIpc) is 3.34. The van der Waals surface area contributed by atoms with Gasteiger partial charge in [0.1, 0.15) is 0 Å². The fourth-order valence-electron chi connectivity index (χ4n) is 4.99. The summed E-state index contributed by atoms with van der Waals surface area (Å²) in [5.74, 6) is -0.456. The number of fused-ring (bicyclic) bond motifs is 2. The van der Waals surface area contributed by atoms with Gasteiger partial charge >= 0.3 is 5.97 Å². The van der Waals surface area contributed by atoms with Gasteiger partial charge in [-0.3, -0.25) is 4.79 Å². The molecule has 0 amide bonds. The van der Waals surface area contributed by atoms with Gasteiger partial charge in [-0.2, -0.15) is 4.31 Å². The largest absolute Gasteiger partial charge is 0.469 e. The van der Waals surface area contributed by atoms with Crippen molar-refractivity contribution >= 4 is 26.9 Å². The Labute approximate surface area is 199 Å². The standard InChI is InChI=1S/C27H26N2O4S/c1-18-12-14-19(15-13-18)34(31,32)29-25(16-26(30)33-3)20-8-4-5-10-22(20)27(29)23-17-28(2)24-11-7-6-9-21(23)24/h4-15,17,25,27H,16H2,1-3H3/t25-,27-/m0/s1. The van der Waals surface area contributed by atoms with Crippen LogP contribution < -0.4 is 0 Å². The highest BCUT2D eigenvalue weighted by Gasteiger charge is 2.48. The maximum Gasteiger partial charge on any atom is 0.307 e. The molecule has 0 N–H and O–H groups in total. The summed E-state index contributed by atoms with van der Waals surface area (Å²) in [7, 11) is -0.687. The molecule has 1 aliphatic heterocycles. The Kier molecular flexibility index (Phi) is 5.54. The average molecular weight is 475 g/mol. The molecule has 7 heteroatoms. The van der Waals surface area contributed by atoms with Gasteiger partial charge in [0, 0.05) is 29.7 Å². The summed E-state index contributed by atoms with van der Waals surface area (Å²) in [5, 5.41) is 0.979. The number of carbonyl (C=O) groups excluding carboxylic acids is 1. The first kappa shape index (κ1) is 22.4. The van der Waals surface area contributed by atoms with Crippen LogP contribution in [-0.2, 0) is 26.6 Å². The maximum absolute atomic E-state index is 14.2. The number of aromatic nitrogens is 1. The second kappa shape index (κ2) is 8.42. The summed E-state index contributed by atoms with van der Waals surface area (Å²) in [6, 6.07) is 21.2. The molecule has 174 valence electrons. The predicted molar refractivity (Wildman–Crippen MR) is 131 cm³/mol. The van der Waals surface area contributed by atoms with Crippen LogP contribution in [0.3, 0.4) is 0 Å². The van der Waals surface area contributed by atoms with Crippen LogP contribution in [0.15, 0.2) is 83.9 Å². The number of esters is 1. The Bertz CT molecular complexity index is 1490. The summed E-state index contributed by atoms with van der Waals surface area (Å²) in [6.45, 7) is 1.92. The summed E-state index contributed by atoms with van der Waals surface area (Å²) >= 11 is 0. The van der Waals surface area contributed by atoms with Gasteiger partial charge in [-0.05, 0) is 36.2 Å². The van der Waals surface area contributed by atoms with Crippen molar-refractivity contribution in [2.75, 3.05) is 7.11 Å². The Morgan fingerprint density at radius 1 is 0.912 bits per heavy atom. The molecule has 0 radical (unpaired) electrons. The third-order valence-electron chi connectivity index (χ3n) is 6.62. The Morgan fingerprint density at radius 3 is 2.26 bits per heavy atom. The lowest BCUT2D eigenvalue weighted by molar-refractivity contribution is -0.141. The fraction of sp³-hybridized carbons (Fsp3) is 0.222. The van der Waals surface area contributed by atoms with E-state index in [0.717, 1.165) is 33.2 Å². The lowest BCUT2D eigenvalue weighted by Gasteiger charge is -2.29. The maximum atomic E-state index is 14.2. The summed E-state index contributed by atoms with van der Waals surface area (Å²) in [5.41, 5.74) is 4.57. The van der Waals surface area contributed by atoms with E-state index in [4.69, 9.17) is 4.74 Å². The highest BCUT2D eigenvalue weighted by Crippen LogP contribution is 2.51. The molecule has 2 atom stereocenters. The van der Waals surface area contributed by atoms with Crippen LogP contribution in [0.2, 0.25) is 0 Å². The van der Waals surface area contributed by atoms with E-state index in [-0.39, 0.29) is 11.3 Å². The highest BCUT2D eigenvalue weighted by atomic mass is 32.2. The fourth-order valence-corrected chi connectivity index (χ4v) is 6.74. The third kappa shape index (κ3) is 3.52. The number of rotatable bonds is 5. The third-order valence-corrected chi connectivity index (χ3v) is 8.51. The number of para-hydroxylation sites is 1. The van der Waals surface area contributed by atoms with E-state index < -0.39 is 28.1 Å². The van der Waals surface area contributed by atoms with E-state index in [1.165, 1.54) is 11.4 Å². The lowest BCUT2D eigenvalue weighted by Crippen LogP contribution is -2.34. The Morgan fingerprint density at radius 2 is 1.56 bits per heavy atom. The first-order valence-corrected chi connectivity index (χ1v) is 12.6. The Balaban J connectivity index is 1.78. The van der Waals surface area contributed by atoms with E-state index in [1.54, 1.807) is 24.3 Å². The van der Waals surface area contributed by atoms with Gasteiger partial charge in [0.05, 0.1) is 30.5 Å². The van der Waals surface area contributed by atoms with Crippen molar-refractivity contribution in [1.82, 2.24) is 8.87 Å². The molecular weight excluding hydrogens is 448 g/mol. The van der Waals surface area contributed by atoms with Gasteiger partial charge in [0.15, 0.2) is 0 Å². The van der Waals surface area contributed by atoms with E-state index in [9.17, 15) is 13.2 Å². The van der Waals surface area contributed by atoms with Gasteiger partial charge in [-0.1, -0.05) is 60.2 Å². The number of ether oxygens (including phenoxy) is 1. The minimum atomic E-state index is -3.97. The number of carbonyl (C=O) groups is 1. The SMILES string of the molecule is COC(=O)C[C@H]1c2ccccc2[C@@H](c2cn(C)c3ccccc23)N1S(=O)(=O)c1ccc(C)cc1. The molecule has 6 nitrogen and oxygen atoms in total. The van der Waals surface area contributed by atoms with Crippen LogP contribution in [-0.4, -0.2) is 30.4 Å². The van der Waals surface area contributed by atoms with Gasteiger partial charge < -0.3 is 9.30 Å². The number of methoxy groups -OCH3 is 1. The molecule has 1 aromatic heterocycles. The molecule has 5 rings (SSSR count). The topological polar surface area (TPSA) is 68.6 Å². The molecule has 4 aromatic rings. The predicted octanol–water partition coefficient (Wildman–Crippen LogP) is 4.88. The highest BCUT2D eigenvalue weighted by molar-refractivity contribution is 7.89. The van der Waals surface area contributed by atoms with Crippen molar-refractivity contribution < 1.29 is 17.9 Å². The Hall–Kier alpha value is -3.42. The molecule has 1 aliphatic rings. The minimum Gasteiger partial charge on any atom is -0.469 e. The molecule has 0 unspecified atom stereocenters. The van der Waals surface area contributed by atoms with Gasteiger partial charge in [-0.25, -0.2) is 8.42 Å². The van der Waals surface area contributed by atoms with Gasteiger partial charge in [-0.15, -0.1) is 0 Å². The summed E-state index contributed by atoms with van der Waals surface area (Å²) in [6.07, 6.45) is 1.92. The zero-order valence-electron chi connectivity index (χ0n) is 19.3. The number of hydrogen-bond donors (Lipinski definition) is 0. The number of sulfonamides is 1. The van der Waals surface area contributed by atoms with E-state index in [1.807, 2.05) is 73.3 Å². The molecule has 34 heavy (non-hydrogen) atoms. The van der Waals surface area contributed by atoms with Crippen LogP contribution in [0.1, 0.15) is 40.8 Å². The first-order chi connectivity index (χ1) is 16.3. The second-order valence-corrected chi connectivity index (χ2v) is 10.5. The normalized spacial score (nSPS) is 18.2. The lowest BCUT2D eigenvalue weighted by atomic mass is 9.96. The van der Waals surface area contributed by atoms with Crippen LogP contribution in [0.5, 0.6) is 0 Å². The summed E-state index contributed by atoms with van der Waals surface area (Å²) in [4.78, 5) is 12.6. The van der Waals surface area contributed by atoms with Crippen LogP contribution in [0.25, 0.3) is 10.9 Å². The zero-order valence-corrected chi connectivity index (χ0v) is 20.1. The van der Waals surface area contributed by atoms with E-state index >= 15 is 0 Å². The van der Waals surface area contributed by atoms with Crippen LogP contribution in [0.4, 0.5) is 0 Å². The molecule has 0 bridgehead atoms. The number of nitrogens with zero attached hydrogens (tertiary/aromatic N) is 2. The first-order valence-electron chi connectivity index (χ1n) is 11.1. The molecule has 0 fully saturated rings. The van der Waals surface area contributed by atoms with Crippen LogP contribution >= 0.6 is 0 Å². The molecular formula is C27H26N2O4S. The van der Waals surface area contributed by atoms with Crippen molar-refractivity contribution in [3.63, 3.8) is 0 Å². The second-order valence-electron chi connectivity index (χ2n) is 8.69. The van der Waals surface area contributed by atoms with Gasteiger partial charge in [0.25, 0.3) is 0 Å². The smallest absolute Gasteiger partial charge is 0.307 e. The molecule has 2 heterocycles. The van der Waals surface area contributed by atoms with Crippen molar-refractivity contribution in [2.24, 2.45) is 7.05 Å². The molecule has 0 spiro atoms. The van der Waals surface area contributed by atoms with Crippen LogP contribution in [0, 0.1) is 6.92 Å². The van der Waals surface area contributed by atoms with Crippen molar-refractivity contribution in [1.29, 1.82) is 0 Å². The molecule has 0 aliphatic carbocycles.